The van der Waals surface area contributed by atoms with Gasteiger partial charge < -0.3 is 5.73 Å². The topological polar surface area (TPSA) is 72.2 Å². The molecule has 0 atom stereocenters. The van der Waals surface area contributed by atoms with Crippen molar-refractivity contribution in [1.29, 1.82) is 0 Å². The number of nitrogens with one attached hydrogen (secondary N) is 1. The highest BCUT2D eigenvalue weighted by Crippen LogP contribution is 2.24. The van der Waals surface area contributed by atoms with Gasteiger partial charge >= 0.3 is 0 Å². The van der Waals surface area contributed by atoms with E-state index in [0.717, 1.165) is 12.1 Å². The number of rotatable bonds is 6. The summed E-state index contributed by atoms with van der Waals surface area (Å²) in [6, 6.07) is 3.43. The maximum Gasteiger partial charge on any atom is 0.241 e. The van der Waals surface area contributed by atoms with Crippen LogP contribution in [0.25, 0.3) is 0 Å². The fourth-order valence-electron chi connectivity index (χ4n) is 2.00. The molecule has 0 aliphatic carbocycles. The molecule has 3 N–H and O–H groups in total. The van der Waals surface area contributed by atoms with Crippen LogP contribution in [0, 0.1) is 5.82 Å². The molecule has 108 valence electrons. The molecule has 0 saturated heterocycles. The summed E-state index contributed by atoms with van der Waals surface area (Å²) in [4.78, 5) is -0.00822. The highest BCUT2D eigenvalue weighted by atomic mass is 32.2. The third-order valence-electron chi connectivity index (χ3n) is 3.66. The van der Waals surface area contributed by atoms with Crippen molar-refractivity contribution in [1.82, 2.24) is 4.72 Å². The van der Waals surface area contributed by atoms with E-state index < -0.39 is 21.4 Å². The van der Waals surface area contributed by atoms with Crippen LogP contribution < -0.4 is 10.5 Å². The van der Waals surface area contributed by atoms with Gasteiger partial charge in [-0.25, -0.2) is 17.5 Å². The number of benzene rings is 1. The van der Waals surface area contributed by atoms with Crippen molar-refractivity contribution < 1.29 is 12.8 Å². The highest BCUT2D eigenvalue weighted by Gasteiger charge is 2.30. The second-order valence-corrected chi connectivity index (χ2v) is 6.31. The van der Waals surface area contributed by atoms with E-state index in [1.165, 1.54) is 6.07 Å². The van der Waals surface area contributed by atoms with Gasteiger partial charge in [0.2, 0.25) is 10.0 Å². The average Bonchev–Trinajstić information content (AvgIpc) is 2.39. The number of hydrogen-bond donors (Lipinski definition) is 2. The number of hydrogen-bond acceptors (Lipinski definition) is 3. The Morgan fingerprint density at radius 3 is 2.16 bits per heavy atom. The van der Waals surface area contributed by atoms with Crippen molar-refractivity contribution >= 4 is 15.7 Å². The van der Waals surface area contributed by atoms with Gasteiger partial charge in [-0.3, -0.25) is 0 Å². The molecule has 19 heavy (non-hydrogen) atoms. The molecule has 0 spiro atoms. The standard InChI is InChI=1S/C13H21FN2O2S/c1-4-13(5-2,6-3)16-19(17,18)10-7-8-11(14)12(15)9-10/h7-9,16H,4-6,15H2,1-3H3. The van der Waals surface area contributed by atoms with E-state index in [1.807, 2.05) is 20.8 Å². The summed E-state index contributed by atoms with van der Waals surface area (Å²) < 4.78 is 40.4. The molecule has 0 aliphatic rings. The maximum absolute atomic E-state index is 13.1. The van der Waals surface area contributed by atoms with Crippen LogP contribution >= 0.6 is 0 Å². The molecule has 0 amide bonds. The van der Waals surface area contributed by atoms with Crippen molar-refractivity contribution in [3.8, 4) is 0 Å². The van der Waals surface area contributed by atoms with Gasteiger partial charge in [-0.2, -0.15) is 0 Å². The van der Waals surface area contributed by atoms with Crippen LogP contribution in [0.1, 0.15) is 40.0 Å². The fourth-order valence-corrected chi connectivity index (χ4v) is 3.65. The van der Waals surface area contributed by atoms with Crippen LogP contribution in [0.15, 0.2) is 23.1 Å². The van der Waals surface area contributed by atoms with Crippen LogP contribution in [-0.4, -0.2) is 14.0 Å². The van der Waals surface area contributed by atoms with Crippen LogP contribution in [-0.2, 0) is 10.0 Å². The lowest BCUT2D eigenvalue weighted by atomic mass is 9.91. The molecule has 0 heterocycles. The molecular formula is C13H21FN2O2S. The normalized spacial score (nSPS) is 12.6. The van der Waals surface area contributed by atoms with Crippen LogP contribution in [0.4, 0.5) is 10.1 Å². The van der Waals surface area contributed by atoms with E-state index in [0.29, 0.717) is 19.3 Å². The van der Waals surface area contributed by atoms with Gasteiger partial charge in [0.05, 0.1) is 10.6 Å². The molecule has 0 fully saturated rings. The van der Waals surface area contributed by atoms with Gasteiger partial charge in [-0.1, -0.05) is 20.8 Å². The maximum atomic E-state index is 13.1. The van der Waals surface area contributed by atoms with E-state index in [1.54, 1.807) is 0 Å². The van der Waals surface area contributed by atoms with Crippen molar-refractivity contribution in [2.75, 3.05) is 5.73 Å². The molecule has 6 heteroatoms. The van der Waals surface area contributed by atoms with E-state index >= 15 is 0 Å². The monoisotopic (exact) mass is 288 g/mol. The number of nitrogens with two attached hydrogens (primary N) is 1. The SMILES string of the molecule is CCC(CC)(CC)NS(=O)(=O)c1ccc(F)c(N)c1. The van der Waals surface area contributed by atoms with E-state index in [-0.39, 0.29) is 10.6 Å². The second kappa shape index (κ2) is 5.88. The minimum atomic E-state index is -3.69. The highest BCUT2D eigenvalue weighted by molar-refractivity contribution is 7.89. The van der Waals surface area contributed by atoms with Crippen molar-refractivity contribution in [3.05, 3.63) is 24.0 Å². The third kappa shape index (κ3) is 3.45. The van der Waals surface area contributed by atoms with Crippen molar-refractivity contribution in [3.63, 3.8) is 0 Å². The van der Waals surface area contributed by atoms with Crippen LogP contribution in [0.3, 0.4) is 0 Å². The molecule has 1 aromatic rings. The Labute approximate surface area is 114 Å². The molecule has 0 saturated carbocycles. The lowest BCUT2D eigenvalue weighted by Gasteiger charge is -2.31. The predicted molar refractivity (Wildman–Crippen MR) is 74.7 cm³/mol. The fraction of sp³-hybridized carbons (Fsp3) is 0.538. The molecule has 1 aromatic carbocycles. The van der Waals surface area contributed by atoms with E-state index in [2.05, 4.69) is 4.72 Å². The van der Waals surface area contributed by atoms with Gasteiger partial charge in [0.15, 0.2) is 0 Å². The quantitative estimate of drug-likeness (QED) is 0.790. The molecule has 1 rings (SSSR count). The van der Waals surface area contributed by atoms with E-state index in [4.69, 9.17) is 5.73 Å². The smallest absolute Gasteiger partial charge is 0.241 e. The van der Waals surface area contributed by atoms with E-state index in [9.17, 15) is 12.8 Å². The zero-order chi connectivity index (χ0) is 14.7. The summed E-state index contributed by atoms with van der Waals surface area (Å²) in [5.41, 5.74) is 4.77. The van der Waals surface area contributed by atoms with Crippen LogP contribution in [0.2, 0.25) is 0 Å². The summed E-state index contributed by atoms with van der Waals surface area (Å²) in [5, 5.41) is 0. The van der Waals surface area contributed by atoms with Gasteiger partial charge in [-0.05, 0) is 37.5 Å². The molecule has 0 aliphatic heterocycles. The number of nitrogen functional groups attached to an aromatic ring is 1. The Kier molecular flexibility index (Phi) is 4.92. The first-order chi connectivity index (χ1) is 8.80. The zero-order valence-corrected chi connectivity index (χ0v) is 12.3. The number of anilines is 1. The molecule has 0 aromatic heterocycles. The first-order valence-corrected chi connectivity index (χ1v) is 7.87. The Bertz CT molecular complexity index is 531. The minimum Gasteiger partial charge on any atom is -0.396 e. The van der Waals surface area contributed by atoms with Crippen molar-refractivity contribution in [2.24, 2.45) is 0 Å². The summed E-state index contributed by atoms with van der Waals surface area (Å²) in [6.07, 6.45) is 2.07. The van der Waals surface area contributed by atoms with Gasteiger partial charge in [0, 0.05) is 5.54 Å². The molecule has 0 bridgehead atoms. The van der Waals surface area contributed by atoms with Crippen LogP contribution in [0.5, 0.6) is 0 Å². The Hall–Kier alpha value is -1.14. The Morgan fingerprint density at radius 1 is 1.21 bits per heavy atom. The number of halogens is 1. The summed E-state index contributed by atoms with van der Waals surface area (Å²) in [6.45, 7) is 5.82. The number of sulfonamides is 1. The van der Waals surface area contributed by atoms with Gasteiger partial charge in [0.1, 0.15) is 5.82 Å². The Morgan fingerprint density at radius 2 is 1.74 bits per heavy atom. The molecule has 0 radical (unpaired) electrons. The minimum absolute atomic E-state index is 0.00822. The summed E-state index contributed by atoms with van der Waals surface area (Å²) >= 11 is 0. The second-order valence-electron chi connectivity index (χ2n) is 4.63. The first kappa shape index (κ1) is 15.9. The molecular weight excluding hydrogens is 267 g/mol. The predicted octanol–water partition coefficient (Wildman–Crippen LogP) is 2.66. The molecule has 0 unspecified atom stereocenters. The summed E-state index contributed by atoms with van der Waals surface area (Å²) in [7, 11) is -3.69. The van der Waals surface area contributed by atoms with Crippen molar-refractivity contribution in [2.45, 2.75) is 50.5 Å². The largest absolute Gasteiger partial charge is 0.396 e. The lowest BCUT2D eigenvalue weighted by molar-refractivity contribution is 0.341. The first-order valence-electron chi connectivity index (χ1n) is 6.39. The molecule has 4 nitrogen and oxygen atoms in total. The summed E-state index contributed by atoms with van der Waals surface area (Å²) in [5.74, 6) is -0.619. The lowest BCUT2D eigenvalue weighted by Crippen LogP contribution is -2.46. The zero-order valence-electron chi connectivity index (χ0n) is 11.5. The Balaban J connectivity index is 3.14. The van der Waals surface area contributed by atoms with Gasteiger partial charge in [0.25, 0.3) is 0 Å². The third-order valence-corrected chi connectivity index (χ3v) is 5.24. The average molecular weight is 288 g/mol. The van der Waals surface area contributed by atoms with Gasteiger partial charge in [-0.15, -0.1) is 0 Å².